The second kappa shape index (κ2) is 5.87. The van der Waals surface area contributed by atoms with Gasteiger partial charge in [0, 0.05) is 6.54 Å². The Morgan fingerprint density at radius 1 is 1.28 bits per heavy atom. The van der Waals surface area contributed by atoms with Gasteiger partial charge in [-0.2, -0.15) is 0 Å². The summed E-state index contributed by atoms with van der Waals surface area (Å²) in [5, 5.41) is 6.36. The zero-order chi connectivity index (χ0) is 13.1. The van der Waals surface area contributed by atoms with Crippen molar-refractivity contribution in [3.05, 3.63) is 12.2 Å². The van der Waals surface area contributed by atoms with Gasteiger partial charge in [0.2, 0.25) is 5.91 Å². The Kier molecular flexibility index (Phi) is 4.44. The molecule has 2 N–H and O–H groups in total. The molecule has 18 heavy (non-hydrogen) atoms. The highest BCUT2D eigenvalue weighted by atomic mass is 16.2. The normalized spacial score (nSPS) is 31.0. The average Bonchev–Trinajstić information content (AvgIpc) is 2.94. The Morgan fingerprint density at radius 2 is 2.06 bits per heavy atom. The summed E-state index contributed by atoms with van der Waals surface area (Å²) in [6, 6.07) is -0.0770. The lowest BCUT2D eigenvalue weighted by molar-refractivity contribution is -0.122. The van der Waals surface area contributed by atoms with Gasteiger partial charge in [-0.25, -0.2) is 0 Å². The van der Waals surface area contributed by atoms with E-state index in [2.05, 4.69) is 36.6 Å². The quantitative estimate of drug-likeness (QED) is 0.707. The van der Waals surface area contributed by atoms with E-state index in [1.807, 2.05) is 6.92 Å². The highest BCUT2D eigenvalue weighted by molar-refractivity contribution is 5.81. The first-order chi connectivity index (χ1) is 8.56. The van der Waals surface area contributed by atoms with Crippen LogP contribution in [0.5, 0.6) is 0 Å². The van der Waals surface area contributed by atoms with Crippen molar-refractivity contribution in [2.45, 2.75) is 39.7 Å². The molecule has 1 fully saturated rings. The Bertz CT molecular complexity index is 324. The first-order valence-electron chi connectivity index (χ1n) is 7.25. The summed E-state index contributed by atoms with van der Waals surface area (Å²) >= 11 is 0. The van der Waals surface area contributed by atoms with Crippen LogP contribution in [0.1, 0.15) is 33.6 Å². The second-order valence-electron chi connectivity index (χ2n) is 6.31. The number of carbonyl (C=O) groups is 1. The van der Waals surface area contributed by atoms with E-state index in [1.165, 1.54) is 12.8 Å². The van der Waals surface area contributed by atoms with Crippen LogP contribution >= 0.6 is 0 Å². The molecular formula is C15H26N2O. The smallest absolute Gasteiger partial charge is 0.236 e. The van der Waals surface area contributed by atoms with Gasteiger partial charge in [0.05, 0.1) is 6.04 Å². The topological polar surface area (TPSA) is 41.1 Å². The summed E-state index contributed by atoms with van der Waals surface area (Å²) in [5.41, 5.74) is 0. The Hall–Kier alpha value is -0.830. The number of rotatable bonds is 6. The van der Waals surface area contributed by atoms with Crippen LogP contribution in [0.4, 0.5) is 0 Å². The molecule has 0 aliphatic heterocycles. The standard InChI is InChI=1S/C15H26N2O/c1-10(2)8-17-15(18)11(3)16-9-14-7-12-4-5-13(14)6-12/h4-5,10-14,16H,6-9H2,1-3H3,(H,17,18). The molecule has 102 valence electrons. The SMILES string of the molecule is CC(C)CNC(=O)C(C)NCC1CC2C=CC1C2. The Morgan fingerprint density at radius 3 is 2.61 bits per heavy atom. The van der Waals surface area contributed by atoms with Gasteiger partial charge in [-0.1, -0.05) is 26.0 Å². The van der Waals surface area contributed by atoms with Crippen LogP contribution in [0.15, 0.2) is 12.2 Å². The van der Waals surface area contributed by atoms with Crippen molar-refractivity contribution in [1.29, 1.82) is 0 Å². The van der Waals surface area contributed by atoms with Gasteiger partial charge in [0.15, 0.2) is 0 Å². The maximum absolute atomic E-state index is 11.8. The van der Waals surface area contributed by atoms with Gasteiger partial charge in [-0.3, -0.25) is 4.79 Å². The van der Waals surface area contributed by atoms with Gasteiger partial charge >= 0.3 is 0 Å². The molecule has 2 bridgehead atoms. The molecule has 0 aromatic rings. The molecule has 3 heteroatoms. The molecule has 4 atom stereocenters. The Labute approximate surface area is 110 Å². The number of hydrogen-bond acceptors (Lipinski definition) is 2. The van der Waals surface area contributed by atoms with E-state index in [0.29, 0.717) is 5.92 Å². The number of hydrogen-bond donors (Lipinski definition) is 2. The van der Waals surface area contributed by atoms with Gasteiger partial charge in [0.25, 0.3) is 0 Å². The van der Waals surface area contributed by atoms with Gasteiger partial charge < -0.3 is 10.6 Å². The molecule has 0 aromatic heterocycles. The van der Waals surface area contributed by atoms with Crippen molar-refractivity contribution in [2.24, 2.45) is 23.7 Å². The minimum Gasteiger partial charge on any atom is -0.354 e. The monoisotopic (exact) mass is 250 g/mol. The minimum absolute atomic E-state index is 0.0770. The first kappa shape index (κ1) is 13.6. The van der Waals surface area contributed by atoms with Crippen molar-refractivity contribution in [2.75, 3.05) is 13.1 Å². The maximum atomic E-state index is 11.8. The Balaban J connectivity index is 1.67. The van der Waals surface area contributed by atoms with Crippen molar-refractivity contribution in [3.63, 3.8) is 0 Å². The van der Waals surface area contributed by atoms with Crippen LogP contribution in [0.3, 0.4) is 0 Å². The van der Waals surface area contributed by atoms with Crippen LogP contribution in [-0.4, -0.2) is 25.0 Å². The van der Waals surface area contributed by atoms with Crippen molar-refractivity contribution < 1.29 is 4.79 Å². The van der Waals surface area contributed by atoms with Crippen molar-refractivity contribution in [3.8, 4) is 0 Å². The summed E-state index contributed by atoms with van der Waals surface area (Å²) in [7, 11) is 0. The van der Waals surface area contributed by atoms with E-state index in [-0.39, 0.29) is 11.9 Å². The molecule has 2 aliphatic carbocycles. The molecule has 0 spiro atoms. The largest absolute Gasteiger partial charge is 0.354 e. The lowest BCUT2D eigenvalue weighted by Gasteiger charge is -2.21. The van der Waals surface area contributed by atoms with E-state index in [4.69, 9.17) is 0 Å². The molecule has 0 heterocycles. The number of carbonyl (C=O) groups excluding carboxylic acids is 1. The summed E-state index contributed by atoms with van der Waals surface area (Å²) in [6.07, 6.45) is 7.36. The third-order valence-electron chi connectivity index (χ3n) is 4.18. The lowest BCUT2D eigenvalue weighted by Crippen LogP contribution is -2.45. The first-order valence-corrected chi connectivity index (χ1v) is 7.25. The van der Waals surface area contributed by atoms with Crippen LogP contribution in [0, 0.1) is 23.7 Å². The molecule has 2 rings (SSSR count). The molecule has 0 aromatic carbocycles. The van der Waals surface area contributed by atoms with E-state index in [9.17, 15) is 4.79 Å². The highest BCUT2D eigenvalue weighted by Gasteiger charge is 2.35. The van der Waals surface area contributed by atoms with Gasteiger partial charge in [-0.05, 0) is 50.0 Å². The predicted molar refractivity (Wildman–Crippen MR) is 74.2 cm³/mol. The molecule has 0 saturated heterocycles. The number of nitrogens with one attached hydrogen (secondary N) is 2. The zero-order valence-corrected chi connectivity index (χ0v) is 11.8. The summed E-state index contributed by atoms with van der Waals surface area (Å²) < 4.78 is 0. The number of allylic oxidation sites excluding steroid dienone is 2. The molecule has 1 saturated carbocycles. The van der Waals surface area contributed by atoms with E-state index < -0.39 is 0 Å². The zero-order valence-electron chi connectivity index (χ0n) is 11.8. The van der Waals surface area contributed by atoms with Crippen molar-refractivity contribution >= 4 is 5.91 Å². The molecule has 3 nitrogen and oxygen atoms in total. The summed E-state index contributed by atoms with van der Waals surface area (Å²) in [5.74, 6) is 2.94. The molecular weight excluding hydrogens is 224 g/mol. The van der Waals surface area contributed by atoms with Crippen LogP contribution in [0.25, 0.3) is 0 Å². The molecule has 4 unspecified atom stereocenters. The fourth-order valence-corrected chi connectivity index (χ4v) is 3.01. The molecule has 2 aliphatic rings. The van der Waals surface area contributed by atoms with Crippen molar-refractivity contribution in [1.82, 2.24) is 10.6 Å². The van der Waals surface area contributed by atoms with Gasteiger partial charge in [0.1, 0.15) is 0 Å². The number of fused-ring (bicyclic) bond motifs is 2. The van der Waals surface area contributed by atoms with E-state index in [0.717, 1.165) is 30.8 Å². The van der Waals surface area contributed by atoms with Crippen LogP contribution in [0.2, 0.25) is 0 Å². The number of amides is 1. The third-order valence-corrected chi connectivity index (χ3v) is 4.18. The third kappa shape index (κ3) is 3.35. The van der Waals surface area contributed by atoms with E-state index >= 15 is 0 Å². The highest BCUT2D eigenvalue weighted by Crippen LogP contribution is 2.42. The second-order valence-corrected chi connectivity index (χ2v) is 6.31. The maximum Gasteiger partial charge on any atom is 0.236 e. The van der Waals surface area contributed by atoms with E-state index in [1.54, 1.807) is 0 Å². The fraction of sp³-hybridized carbons (Fsp3) is 0.800. The summed E-state index contributed by atoms with van der Waals surface area (Å²) in [6.45, 7) is 7.92. The lowest BCUT2D eigenvalue weighted by atomic mass is 9.93. The summed E-state index contributed by atoms with van der Waals surface area (Å²) in [4.78, 5) is 11.8. The molecule has 1 amide bonds. The average molecular weight is 250 g/mol. The minimum atomic E-state index is -0.0770. The van der Waals surface area contributed by atoms with Crippen LogP contribution in [-0.2, 0) is 4.79 Å². The molecule has 0 radical (unpaired) electrons. The van der Waals surface area contributed by atoms with Gasteiger partial charge in [-0.15, -0.1) is 0 Å². The van der Waals surface area contributed by atoms with Crippen LogP contribution < -0.4 is 10.6 Å². The predicted octanol–water partition coefficient (Wildman–Crippen LogP) is 1.95. The fourth-order valence-electron chi connectivity index (χ4n) is 3.01.